The fourth-order valence-corrected chi connectivity index (χ4v) is 2.51. The molecule has 5 heteroatoms. The van der Waals surface area contributed by atoms with Crippen molar-refractivity contribution in [1.82, 2.24) is 4.98 Å². The van der Waals surface area contributed by atoms with Crippen LogP contribution in [0.2, 0.25) is 0 Å². The maximum Gasteiger partial charge on any atom is 0.341 e. The molecule has 20 heavy (non-hydrogen) atoms. The first-order valence-corrected chi connectivity index (χ1v) is 6.90. The summed E-state index contributed by atoms with van der Waals surface area (Å²) in [5, 5.41) is 12.0. The Morgan fingerprint density at radius 1 is 1.25 bits per heavy atom. The van der Waals surface area contributed by atoms with Crippen LogP contribution in [0.3, 0.4) is 0 Å². The number of thiophene rings is 1. The monoisotopic (exact) mass is 285 g/mol. The Hall–Kier alpha value is -2.40. The number of fused-ring (bicyclic) bond motifs is 1. The van der Waals surface area contributed by atoms with Gasteiger partial charge in [0.25, 0.3) is 0 Å². The third-order valence-electron chi connectivity index (χ3n) is 2.85. The Morgan fingerprint density at radius 3 is 2.85 bits per heavy atom. The molecule has 0 fully saturated rings. The number of ether oxygens (including phenoxy) is 1. The first kappa shape index (κ1) is 12.6. The normalized spacial score (nSPS) is 10.6. The molecular weight excluding hydrogens is 274 g/mol. The van der Waals surface area contributed by atoms with E-state index in [-0.39, 0.29) is 11.4 Å². The van der Waals surface area contributed by atoms with Crippen LogP contribution in [0.15, 0.2) is 47.8 Å². The second-order valence-electron chi connectivity index (χ2n) is 4.21. The minimum Gasteiger partial charge on any atom is -0.477 e. The smallest absolute Gasteiger partial charge is 0.341 e. The van der Waals surface area contributed by atoms with Gasteiger partial charge >= 0.3 is 5.97 Å². The predicted octanol–water partition coefficient (Wildman–Crippen LogP) is 3.57. The van der Waals surface area contributed by atoms with Gasteiger partial charge in [-0.3, -0.25) is 0 Å². The van der Waals surface area contributed by atoms with Crippen LogP contribution >= 0.6 is 11.3 Å². The summed E-state index contributed by atoms with van der Waals surface area (Å²) in [6.07, 6.45) is 0. The highest BCUT2D eigenvalue weighted by Crippen LogP contribution is 2.23. The Morgan fingerprint density at radius 2 is 2.10 bits per heavy atom. The number of aromatic nitrogens is 1. The van der Waals surface area contributed by atoms with Gasteiger partial charge in [-0.2, -0.15) is 0 Å². The second kappa shape index (κ2) is 5.30. The van der Waals surface area contributed by atoms with Crippen LogP contribution in [-0.2, 0) is 6.61 Å². The minimum atomic E-state index is -1.04. The number of para-hydroxylation sites is 1. The number of carboxylic acid groups (broad SMARTS) is 1. The van der Waals surface area contributed by atoms with Gasteiger partial charge in [-0.25, -0.2) is 9.78 Å². The number of hydrogen-bond donors (Lipinski definition) is 1. The van der Waals surface area contributed by atoms with Crippen molar-refractivity contribution in [2.45, 2.75) is 6.61 Å². The summed E-state index contributed by atoms with van der Waals surface area (Å²) in [6, 6.07) is 12.8. The first-order chi connectivity index (χ1) is 9.74. The van der Waals surface area contributed by atoms with Gasteiger partial charge in [-0.05, 0) is 23.6 Å². The molecule has 100 valence electrons. The van der Waals surface area contributed by atoms with Gasteiger partial charge in [-0.15, -0.1) is 11.3 Å². The molecule has 0 aliphatic carbocycles. The molecular formula is C15H11NO3S. The second-order valence-corrected chi connectivity index (χ2v) is 5.24. The van der Waals surface area contributed by atoms with E-state index in [1.165, 1.54) is 0 Å². The molecule has 0 aliphatic heterocycles. The molecule has 0 saturated heterocycles. The summed E-state index contributed by atoms with van der Waals surface area (Å²) < 4.78 is 5.57. The number of rotatable bonds is 4. The van der Waals surface area contributed by atoms with Crippen LogP contribution < -0.4 is 4.74 Å². The molecule has 0 amide bonds. The molecule has 0 unspecified atom stereocenters. The Kier molecular flexibility index (Phi) is 3.35. The first-order valence-electron chi connectivity index (χ1n) is 6.02. The van der Waals surface area contributed by atoms with Crippen molar-refractivity contribution < 1.29 is 14.6 Å². The van der Waals surface area contributed by atoms with Crippen molar-refractivity contribution in [2.24, 2.45) is 0 Å². The lowest BCUT2D eigenvalue weighted by Crippen LogP contribution is -2.05. The molecule has 3 aromatic rings. The van der Waals surface area contributed by atoms with Gasteiger partial charge in [0.05, 0.1) is 5.52 Å². The summed E-state index contributed by atoms with van der Waals surface area (Å²) in [6.45, 7) is 0.323. The van der Waals surface area contributed by atoms with Gasteiger partial charge in [0.1, 0.15) is 12.2 Å². The topological polar surface area (TPSA) is 59.4 Å². The van der Waals surface area contributed by atoms with Crippen molar-refractivity contribution in [1.29, 1.82) is 0 Å². The highest BCUT2D eigenvalue weighted by Gasteiger charge is 2.14. The molecule has 2 heterocycles. The molecule has 1 aromatic carbocycles. The highest BCUT2D eigenvalue weighted by molar-refractivity contribution is 7.09. The molecule has 4 nitrogen and oxygen atoms in total. The number of benzene rings is 1. The van der Waals surface area contributed by atoms with Crippen LogP contribution in [0.25, 0.3) is 10.9 Å². The predicted molar refractivity (Wildman–Crippen MR) is 77.4 cm³/mol. The van der Waals surface area contributed by atoms with Gasteiger partial charge < -0.3 is 9.84 Å². The quantitative estimate of drug-likeness (QED) is 0.796. The molecule has 0 atom stereocenters. The van der Waals surface area contributed by atoms with E-state index < -0.39 is 5.97 Å². The maximum absolute atomic E-state index is 11.3. The third kappa shape index (κ3) is 2.48. The van der Waals surface area contributed by atoms with E-state index in [1.54, 1.807) is 17.4 Å². The van der Waals surface area contributed by atoms with Crippen molar-refractivity contribution in [2.75, 3.05) is 0 Å². The van der Waals surface area contributed by atoms with Crippen LogP contribution in [0.5, 0.6) is 5.88 Å². The minimum absolute atomic E-state index is 0.0836. The average molecular weight is 285 g/mol. The van der Waals surface area contributed by atoms with Crippen LogP contribution in [-0.4, -0.2) is 16.1 Å². The zero-order valence-corrected chi connectivity index (χ0v) is 11.3. The zero-order valence-electron chi connectivity index (χ0n) is 10.4. The molecule has 2 aromatic heterocycles. The van der Waals surface area contributed by atoms with E-state index in [2.05, 4.69) is 4.98 Å². The van der Waals surface area contributed by atoms with E-state index in [1.807, 2.05) is 41.8 Å². The average Bonchev–Trinajstić information content (AvgIpc) is 2.97. The Balaban J connectivity index is 1.98. The van der Waals surface area contributed by atoms with Gasteiger partial charge in [0.15, 0.2) is 0 Å². The lowest BCUT2D eigenvalue weighted by molar-refractivity contribution is 0.0691. The van der Waals surface area contributed by atoms with E-state index in [4.69, 9.17) is 4.74 Å². The van der Waals surface area contributed by atoms with Crippen molar-refractivity contribution >= 4 is 28.2 Å². The summed E-state index contributed by atoms with van der Waals surface area (Å²) in [5.74, 6) is -0.881. The van der Waals surface area contributed by atoms with Crippen LogP contribution in [0.1, 0.15) is 15.2 Å². The van der Waals surface area contributed by atoms with Crippen molar-refractivity contribution in [3.05, 3.63) is 58.3 Å². The summed E-state index contributed by atoms with van der Waals surface area (Å²) in [7, 11) is 0. The van der Waals surface area contributed by atoms with Crippen LogP contribution in [0, 0.1) is 0 Å². The van der Waals surface area contributed by atoms with Gasteiger partial charge in [0.2, 0.25) is 5.88 Å². The third-order valence-corrected chi connectivity index (χ3v) is 3.70. The fraction of sp³-hybridized carbons (Fsp3) is 0.0667. The Bertz CT molecular complexity index is 753. The summed E-state index contributed by atoms with van der Waals surface area (Å²) in [5.41, 5.74) is 0.805. The number of hydrogen-bond acceptors (Lipinski definition) is 4. The number of nitrogens with zero attached hydrogens (tertiary/aromatic N) is 1. The van der Waals surface area contributed by atoms with E-state index in [9.17, 15) is 9.90 Å². The summed E-state index contributed by atoms with van der Waals surface area (Å²) >= 11 is 1.56. The van der Waals surface area contributed by atoms with E-state index in [0.29, 0.717) is 6.61 Å². The van der Waals surface area contributed by atoms with Gasteiger partial charge in [0, 0.05) is 10.3 Å². The molecule has 0 bridgehead atoms. The van der Waals surface area contributed by atoms with Crippen LogP contribution in [0.4, 0.5) is 0 Å². The standard InChI is InChI=1S/C15H11NO3S/c17-15(18)12-8-10-4-1-2-6-13(10)16-14(12)19-9-11-5-3-7-20-11/h1-8H,9H2,(H,17,18). The lowest BCUT2D eigenvalue weighted by Gasteiger charge is -2.08. The SMILES string of the molecule is O=C(O)c1cc2ccccc2nc1OCc1cccs1. The number of carboxylic acids is 1. The van der Waals surface area contributed by atoms with E-state index in [0.717, 1.165) is 15.8 Å². The molecule has 0 aliphatic rings. The fourth-order valence-electron chi connectivity index (χ4n) is 1.90. The number of aromatic carboxylic acids is 1. The van der Waals surface area contributed by atoms with Crippen molar-refractivity contribution in [3.63, 3.8) is 0 Å². The molecule has 0 radical (unpaired) electrons. The van der Waals surface area contributed by atoms with Gasteiger partial charge in [-0.1, -0.05) is 24.3 Å². The molecule has 0 saturated carbocycles. The summed E-state index contributed by atoms with van der Waals surface area (Å²) in [4.78, 5) is 16.6. The zero-order chi connectivity index (χ0) is 13.9. The highest BCUT2D eigenvalue weighted by atomic mass is 32.1. The largest absolute Gasteiger partial charge is 0.477 e. The number of pyridine rings is 1. The molecule has 1 N–H and O–H groups in total. The lowest BCUT2D eigenvalue weighted by atomic mass is 10.1. The van der Waals surface area contributed by atoms with E-state index >= 15 is 0 Å². The maximum atomic E-state index is 11.3. The molecule has 0 spiro atoms. The van der Waals surface area contributed by atoms with Crippen molar-refractivity contribution in [3.8, 4) is 5.88 Å². The Labute approximate surface area is 119 Å². The molecule has 3 rings (SSSR count). The number of carbonyl (C=O) groups is 1.